The quantitative estimate of drug-likeness (QED) is 0.356. The molecule has 0 aliphatic carbocycles. The SMILES string of the molecule is CCNC(=NCc1ncnn1C)NC1CC2CCC(C1)N2Cc1ccccc1.I. The summed E-state index contributed by atoms with van der Waals surface area (Å²) in [6.45, 7) is 4.56. The van der Waals surface area contributed by atoms with Crippen LogP contribution in [-0.2, 0) is 20.1 Å². The Morgan fingerprint density at radius 1 is 1.17 bits per heavy atom. The molecule has 0 spiro atoms. The van der Waals surface area contributed by atoms with E-state index in [0.29, 0.717) is 24.7 Å². The van der Waals surface area contributed by atoms with Gasteiger partial charge >= 0.3 is 0 Å². The lowest BCUT2D eigenvalue weighted by molar-refractivity contribution is 0.114. The molecular weight excluding hydrogens is 477 g/mol. The van der Waals surface area contributed by atoms with E-state index in [4.69, 9.17) is 4.99 Å². The summed E-state index contributed by atoms with van der Waals surface area (Å²) in [5, 5.41) is 11.2. The molecule has 158 valence electrons. The summed E-state index contributed by atoms with van der Waals surface area (Å²) < 4.78 is 1.77. The number of guanidine groups is 1. The molecule has 8 heteroatoms. The maximum absolute atomic E-state index is 4.73. The van der Waals surface area contributed by atoms with Crippen LogP contribution in [0.25, 0.3) is 0 Å². The first-order chi connectivity index (χ1) is 13.7. The average molecular weight is 509 g/mol. The lowest BCUT2D eigenvalue weighted by Gasteiger charge is -2.39. The summed E-state index contributed by atoms with van der Waals surface area (Å²) in [5.41, 5.74) is 1.42. The van der Waals surface area contributed by atoms with Crippen molar-refractivity contribution in [2.24, 2.45) is 12.0 Å². The van der Waals surface area contributed by atoms with Crippen molar-refractivity contribution in [1.82, 2.24) is 30.3 Å². The van der Waals surface area contributed by atoms with Crippen LogP contribution in [0, 0.1) is 0 Å². The number of nitrogens with one attached hydrogen (secondary N) is 2. The van der Waals surface area contributed by atoms with E-state index in [2.05, 4.69) is 62.9 Å². The van der Waals surface area contributed by atoms with Gasteiger partial charge in [-0.05, 0) is 38.2 Å². The zero-order valence-corrected chi connectivity index (χ0v) is 19.6. The van der Waals surface area contributed by atoms with Gasteiger partial charge in [0.15, 0.2) is 5.96 Å². The third-order valence-corrected chi connectivity index (χ3v) is 5.96. The molecule has 1 aromatic heterocycles. The number of benzene rings is 1. The Hall–Kier alpha value is -1.68. The Labute approximate surface area is 190 Å². The van der Waals surface area contributed by atoms with Gasteiger partial charge in [0.1, 0.15) is 18.7 Å². The van der Waals surface area contributed by atoms with Gasteiger partial charge in [-0.1, -0.05) is 30.3 Å². The number of aromatic nitrogens is 3. The molecule has 0 saturated carbocycles. The monoisotopic (exact) mass is 509 g/mol. The molecule has 2 fully saturated rings. The number of aryl methyl sites for hydroxylation is 1. The van der Waals surface area contributed by atoms with Crippen LogP contribution in [0.15, 0.2) is 41.7 Å². The van der Waals surface area contributed by atoms with E-state index in [0.717, 1.165) is 24.9 Å². The van der Waals surface area contributed by atoms with E-state index < -0.39 is 0 Å². The fourth-order valence-corrected chi connectivity index (χ4v) is 4.57. The third-order valence-electron chi connectivity index (χ3n) is 5.96. The van der Waals surface area contributed by atoms with Crippen LogP contribution in [0.2, 0.25) is 0 Å². The minimum absolute atomic E-state index is 0. The lowest BCUT2D eigenvalue weighted by atomic mass is 9.96. The normalized spacial score (nSPS) is 24.2. The molecule has 7 nitrogen and oxygen atoms in total. The van der Waals surface area contributed by atoms with Crippen LogP contribution in [0.3, 0.4) is 0 Å². The minimum Gasteiger partial charge on any atom is -0.357 e. The van der Waals surface area contributed by atoms with Crippen molar-refractivity contribution in [2.75, 3.05) is 6.54 Å². The molecule has 2 saturated heterocycles. The molecule has 4 rings (SSSR count). The zero-order valence-electron chi connectivity index (χ0n) is 17.3. The fourth-order valence-electron chi connectivity index (χ4n) is 4.57. The van der Waals surface area contributed by atoms with Crippen LogP contribution in [0.4, 0.5) is 0 Å². The van der Waals surface area contributed by atoms with Crippen LogP contribution < -0.4 is 10.6 Å². The standard InChI is InChI=1S/C21H31N7.HI/c1-3-22-21(23-13-20-24-15-25-27(20)2)26-17-11-18-9-10-19(12-17)28(18)14-16-7-5-4-6-8-16;/h4-8,15,17-19H,3,9-14H2,1-2H3,(H2,22,23,26);1H. The van der Waals surface area contributed by atoms with Gasteiger partial charge in [0.05, 0.1) is 0 Å². The number of fused-ring (bicyclic) bond motifs is 2. The number of nitrogens with zero attached hydrogens (tertiary/aromatic N) is 5. The van der Waals surface area contributed by atoms with E-state index in [1.807, 2.05) is 7.05 Å². The van der Waals surface area contributed by atoms with Crippen molar-refractivity contribution >= 4 is 29.9 Å². The molecule has 0 radical (unpaired) electrons. The van der Waals surface area contributed by atoms with E-state index in [1.165, 1.54) is 31.2 Å². The molecule has 2 bridgehead atoms. The zero-order chi connectivity index (χ0) is 19.3. The summed E-state index contributed by atoms with van der Waals surface area (Å²) in [5.74, 6) is 1.75. The van der Waals surface area contributed by atoms with Crippen molar-refractivity contribution in [1.29, 1.82) is 0 Å². The van der Waals surface area contributed by atoms with Gasteiger partial charge in [-0.3, -0.25) is 9.58 Å². The van der Waals surface area contributed by atoms with Crippen LogP contribution >= 0.6 is 24.0 Å². The van der Waals surface area contributed by atoms with E-state index >= 15 is 0 Å². The van der Waals surface area contributed by atoms with Gasteiger partial charge in [-0.25, -0.2) is 9.98 Å². The molecule has 29 heavy (non-hydrogen) atoms. The van der Waals surface area contributed by atoms with Gasteiger partial charge in [-0.15, -0.1) is 24.0 Å². The second-order valence-electron chi connectivity index (χ2n) is 7.85. The molecule has 2 aromatic rings. The minimum atomic E-state index is 0. The third kappa shape index (κ3) is 5.48. The Morgan fingerprint density at radius 3 is 2.52 bits per heavy atom. The highest BCUT2D eigenvalue weighted by Crippen LogP contribution is 2.36. The molecule has 0 amide bonds. The Kier molecular flexibility index (Phi) is 7.88. The molecule has 2 N–H and O–H groups in total. The van der Waals surface area contributed by atoms with Gasteiger partial charge in [0.25, 0.3) is 0 Å². The van der Waals surface area contributed by atoms with E-state index in [-0.39, 0.29) is 24.0 Å². The predicted octanol–water partition coefficient (Wildman–Crippen LogP) is 2.68. The van der Waals surface area contributed by atoms with Crippen molar-refractivity contribution in [2.45, 2.75) is 63.8 Å². The number of rotatable bonds is 6. The number of hydrogen-bond donors (Lipinski definition) is 2. The first kappa shape index (κ1) is 22.0. The van der Waals surface area contributed by atoms with E-state index in [9.17, 15) is 0 Å². The van der Waals surface area contributed by atoms with E-state index in [1.54, 1.807) is 11.0 Å². The second-order valence-corrected chi connectivity index (χ2v) is 7.85. The van der Waals surface area contributed by atoms with Gasteiger partial charge in [-0.2, -0.15) is 5.10 Å². The molecule has 2 unspecified atom stereocenters. The summed E-state index contributed by atoms with van der Waals surface area (Å²) in [7, 11) is 1.90. The smallest absolute Gasteiger partial charge is 0.191 e. The lowest BCUT2D eigenvalue weighted by Crippen LogP contribution is -2.52. The first-order valence-corrected chi connectivity index (χ1v) is 10.4. The Morgan fingerprint density at radius 2 is 1.90 bits per heavy atom. The molecule has 3 heterocycles. The van der Waals surface area contributed by atoms with Crippen molar-refractivity contribution < 1.29 is 0 Å². The summed E-state index contributed by atoms with van der Waals surface area (Å²) in [6.07, 6.45) is 6.55. The average Bonchev–Trinajstić information content (AvgIpc) is 3.20. The number of piperidine rings is 1. The van der Waals surface area contributed by atoms with Crippen LogP contribution in [0.5, 0.6) is 0 Å². The summed E-state index contributed by atoms with van der Waals surface area (Å²) in [6, 6.07) is 12.7. The fraction of sp³-hybridized carbons (Fsp3) is 0.571. The Bertz CT molecular complexity index is 777. The topological polar surface area (TPSA) is 70.4 Å². The number of halogens is 1. The van der Waals surface area contributed by atoms with Crippen LogP contribution in [-0.4, -0.2) is 50.3 Å². The molecule has 2 aliphatic heterocycles. The molecule has 2 aliphatic rings. The number of aliphatic imine (C=N–C) groups is 1. The van der Waals surface area contributed by atoms with Crippen molar-refractivity contribution in [3.63, 3.8) is 0 Å². The maximum Gasteiger partial charge on any atom is 0.191 e. The maximum atomic E-state index is 4.73. The summed E-state index contributed by atoms with van der Waals surface area (Å²) >= 11 is 0. The van der Waals surface area contributed by atoms with Crippen LogP contribution in [0.1, 0.15) is 44.0 Å². The highest BCUT2D eigenvalue weighted by molar-refractivity contribution is 14.0. The predicted molar refractivity (Wildman–Crippen MR) is 126 cm³/mol. The highest BCUT2D eigenvalue weighted by Gasteiger charge is 2.40. The Balaban J connectivity index is 0.00000240. The number of hydrogen-bond acceptors (Lipinski definition) is 4. The summed E-state index contributed by atoms with van der Waals surface area (Å²) in [4.78, 5) is 11.7. The van der Waals surface area contributed by atoms with Gasteiger partial charge in [0, 0.05) is 38.3 Å². The van der Waals surface area contributed by atoms with Crippen molar-refractivity contribution in [3.8, 4) is 0 Å². The first-order valence-electron chi connectivity index (χ1n) is 10.4. The second kappa shape index (κ2) is 10.4. The molecule has 1 aromatic carbocycles. The largest absolute Gasteiger partial charge is 0.357 e. The van der Waals surface area contributed by atoms with Gasteiger partial charge < -0.3 is 10.6 Å². The molecular formula is C21H32IN7. The molecule has 2 atom stereocenters. The van der Waals surface area contributed by atoms with Crippen molar-refractivity contribution in [3.05, 3.63) is 48.0 Å². The highest BCUT2D eigenvalue weighted by atomic mass is 127. The van der Waals surface area contributed by atoms with Gasteiger partial charge in [0.2, 0.25) is 0 Å².